The van der Waals surface area contributed by atoms with Crippen molar-refractivity contribution in [3.05, 3.63) is 95.9 Å². The van der Waals surface area contributed by atoms with E-state index in [0.29, 0.717) is 45.4 Å². The topological polar surface area (TPSA) is 65.7 Å². The predicted octanol–water partition coefficient (Wildman–Crippen LogP) is 7.56. The Morgan fingerprint density at radius 3 is 2.53 bits per heavy atom. The Balaban J connectivity index is 1.69. The lowest BCUT2D eigenvalue weighted by molar-refractivity contribution is 0.284. The second-order valence-corrected chi connectivity index (χ2v) is 10.5. The van der Waals surface area contributed by atoms with E-state index in [1.807, 2.05) is 50.2 Å². The minimum Gasteiger partial charge on any atom is -0.493 e. The molecule has 0 radical (unpaired) electrons. The first-order chi connectivity index (χ1) is 17.3. The third kappa shape index (κ3) is 5.82. The lowest BCUT2D eigenvalue weighted by Crippen LogP contribution is -2.23. The van der Waals surface area contributed by atoms with E-state index < -0.39 is 0 Å². The normalized spacial score (nSPS) is 12.3. The number of ether oxygens (including phenoxy) is 2. The zero-order chi connectivity index (χ0) is 25.8. The average Bonchev–Trinajstić information content (AvgIpc) is 2.87. The number of hydrogen-bond donors (Lipinski definition) is 0. The summed E-state index contributed by atoms with van der Waals surface area (Å²) in [5, 5.41) is 5.38. The fraction of sp³-hybridized carbons (Fsp3) is 0.222. The SMILES string of the molecule is CC[C@H](C)c1nc2ccc(Br)cc2c(=O)n1N=Cc1cc(Cl)c(OCc2ccc(Br)cc2)c(OC)c1. The van der Waals surface area contributed by atoms with Crippen molar-refractivity contribution >= 4 is 60.6 Å². The standard InChI is InChI=1S/C27H24Br2ClN3O3/c1-4-16(2)26-32-23-10-9-20(29)13-21(23)27(34)33(26)31-14-18-11-22(30)25(24(12-18)35-3)36-15-17-5-7-19(28)8-6-17/h5-14,16H,4,15H2,1-3H3/t16-/m0/s1. The average molecular weight is 634 g/mol. The molecule has 0 unspecified atom stereocenters. The Bertz CT molecular complexity index is 1490. The maximum absolute atomic E-state index is 13.3. The first-order valence-corrected chi connectivity index (χ1v) is 13.3. The van der Waals surface area contributed by atoms with Gasteiger partial charge in [-0.25, -0.2) is 4.98 Å². The first-order valence-electron chi connectivity index (χ1n) is 11.3. The van der Waals surface area contributed by atoms with Gasteiger partial charge in [-0.1, -0.05) is 69.4 Å². The fourth-order valence-corrected chi connectivity index (χ4v) is 4.49. The maximum atomic E-state index is 13.3. The molecule has 6 nitrogen and oxygen atoms in total. The summed E-state index contributed by atoms with van der Waals surface area (Å²) in [7, 11) is 1.55. The molecule has 0 amide bonds. The molecule has 0 aliphatic rings. The molecule has 4 aromatic rings. The number of benzene rings is 3. The summed E-state index contributed by atoms with van der Waals surface area (Å²) in [5.74, 6) is 1.54. The molecule has 0 bridgehead atoms. The summed E-state index contributed by atoms with van der Waals surface area (Å²) in [6, 6.07) is 16.8. The van der Waals surface area contributed by atoms with E-state index in [0.717, 1.165) is 20.9 Å². The Hall–Kier alpha value is -2.68. The van der Waals surface area contributed by atoms with Crippen LogP contribution in [-0.4, -0.2) is 23.0 Å². The molecule has 1 atom stereocenters. The van der Waals surface area contributed by atoms with Crippen LogP contribution in [0.3, 0.4) is 0 Å². The van der Waals surface area contributed by atoms with Crippen molar-refractivity contribution in [1.29, 1.82) is 0 Å². The molecule has 0 fully saturated rings. The lowest BCUT2D eigenvalue weighted by atomic mass is 10.1. The summed E-state index contributed by atoms with van der Waals surface area (Å²) < 4.78 is 14.7. The van der Waals surface area contributed by atoms with Crippen molar-refractivity contribution in [2.45, 2.75) is 32.8 Å². The molecule has 0 saturated carbocycles. The highest BCUT2D eigenvalue weighted by molar-refractivity contribution is 9.10. The maximum Gasteiger partial charge on any atom is 0.282 e. The molecule has 0 spiro atoms. The van der Waals surface area contributed by atoms with Crippen molar-refractivity contribution in [2.75, 3.05) is 7.11 Å². The molecule has 0 aliphatic heterocycles. The van der Waals surface area contributed by atoms with E-state index in [4.69, 9.17) is 26.1 Å². The van der Waals surface area contributed by atoms with E-state index in [1.54, 1.807) is 31.5 Å². The Morgan fingerprint density at radius 1 is 1.11 bits per heavy atom. The number of rotatable bonds is 8. The van der Waals surface area contributed by atoms with Crippen molar-refractivity contribution in [1.82, 2.24) is 9.66 Å². The smallest absolute Gasteiger partial charge is 0.282 e. The van der Waals surface area contributed by atoms with Crippen LogP contribution in [0.1, 0.15) is 43.1 Å². The number of halogens is 3. The molecule has 1 aromatic heterocycles. The highest BCUT2D eigenvalue weighted by Crippen LogP contribution is 2.36. The van der Waals surface area contributed by atoms with Crippen LogP contribution in [-0.2, 0) is 6.61 Å². The van der Waals surface area contributed by atoms with E-state index >= 15 is 0 Å². The molecule has 0 N–H and O–H groups in total. The van der Waals surface area contributed by atoms with Gasteiger partial charge in [0.2, 0.25) is 0 Å². The van der Waals surface area contributed by atoms with Gasteiger partial charge in [0.25, 0.3) is 5.56 Å². The van der Waals surface area contributed by atoms with Gasteiger partial charge in [0, 0.05) is 14.9 Å². The number of aromatic nitrogens is 2. The van der Waals surface area contributed by atoms with Gasteiger partial charge in [0.05, 0.1) is 29.2 Å². The molecule has 3 aromatic carbocycles. The minimum atomic E-state index is -0.236. The fourth-order valence-electron chi connectivity index (χ4n) is 3.59. The molecule has 186 valence electrons. The van der Waals surface area contributed by atoms with Gasteiger partial charge in [0.1, 0.15) is 12.4 Å². The van der Waals surface area contributed by atoms with Gasteiger partial charge < -0.3 is 9.47 Å². The van der Waals surface area contributed by atoms with E-state index in [9.17, 15) is 4.79 Å². The van der Waals surface area contributed by atoms with Crippen molar-refractivity contribution in [3.63, 3.8) is 0 Å². The van der Waals surface area contributed by atoms with Crippen LogP contribution in [0.25, 0.3) is 10.9 Å². The monoisotopic (exact) mass is 631 g/mol. The lowest BCUT2D eigenvalue weighted by Gasteiger charge is -2.15. The largest absolute Gasteiger partial charge is 0.493 e. The number of nitrogens with zero attached hydrogens (tertiary/aromatic N) is 3. The van der Waals surface area contributed by atoms with Gasteiger partial charge in [-0.3, -0.25) is 4.79 Å². The van der Waals surface area contributed by atoms with Crippen LogP contribution in [0.5, 0.6) is 11.5 Å². The van der Waals surface area contributed by atoms with Crippen LogP contribution in [0, 0.1) is 0 Å². The van der Waals surface area contributed by atoms with Crippen LogP contribution in [0.15, 0.2) is 73.4 Å². The molecular weight excluding hydrogens is 610 g/mol. The van der Waals surface area contributed by atoms with Crippen LogP contribution < -0.4 is 15.0 Å². The van der Waals surface area contributed by atoms with Crippen molar-refractivity contribution in [3.8, 4) is 11.5 Å². The summed E-state index contributed by atoms with van der Waals surface area (Å²) in [4.78, 5) is 18.1. The number of methoxy groups -OCH3 is 1. The van der Waals surface area contributed by atoms with Crippen LogP contribution in [0.4, 0.5) is 0 Å². The van der Waals surface area contributed by atoms with Gasteiger partial charge in [-0.05, 0) is 60.0 Å². The summed E-state index contributed by atoms with van der Waals surface area (Å²) in [5.41, 5.74) is 2.06. The second-order valence-electron chi connectivity index (χ2n) is 8.25. The van der Waals surface area contributed by atoms with Crippen molar-refractivity contribution < 1.29 is 9.47 Å². The van der Waals surface area contributed by atoms with Crippen LogP contribution >= 0.6 is 43.5 Å². The minimum absolute atomic E-state index is 0.0374. The molecule has 0 saturated heterocycles. The third-order valence-electron chi connectivity index (χ3n) is 5.76. The van der Waals surface area contributed by atoms with Crippen LogP contribution in [0.2, 0.25) is 5.02 Å². The summed E-state index contributed by atoms with van der Waals surface area (Å²) in [6.45, 7) is 4.41. The van der Waals surface area contributed by atoms with Gasteiger partial charge in [-0.15, -0.1) is 0 Å². The predicted molar refractivity (Wildman–Crippen MR) is 152 cm³/mol. The van der Waals surface area contributed by atoms with Gasteiger partial charge in [0.15, 0.2) is 11.5 Å². The number of hydrogen-bond acceptors (Lipinski definition) is 5. The number of fused-ring (bicyclic) bond motifs is 1. The van der Waals surface area contributed by atoms with Gasteiger partial charge in [-0.2, -0.15) is 9.78 Å². The molecule has 36 heavy (non-hydrogen) atoms. The highest BCUT2D eigenvalue weighted by Gasteiger charge is 2.16. The molecule has 0 aliphatic carbocycles. The summed E-state index contributed by atoms with van der Waals surface area (Å²) in [6.07, 6.45) is 2.39. The quantitative estimate of drug-likeness (QED) is 0.188. The van der Waals surface area contributed by atoms with E-state index in [2.05, 4.69) is 37.0 Å². The summed E-state index contributed by atoms with van der Waals surface area (Å²) >= 11 is 13.4. The Morgan fingerprint density at radius 2 is 1.83 bits per heavy atom. The second kappa shape index (κ2) is 11.6. The zero-order valence-corrected chi connectivity index (χ0v) is 23.9. The first kappa shape index (κ1) is 26.4. The third-order valence-corrected chi connectivity index (χ3v) is 7.06. The van der Waals surface area contributed by atoms with Crippen molar-refractivity contribution in [2.24, 2.45) is 5.10 Å². The Kier molecular flexibility index (Phi) is 8.49. The van der Waals surface area contributed by atoms with E-state index in [1.165, 1.54) is 4.68 Å². The zero-order valence-electron chi connectivity index (χ0n) is 20.0. The highest BCUT2D eigenvalue weighted by atomic mass is 79.9. The van der Waals surface area contributed by atoms with Gasteiger partial charge >= 0.3 is 0 Å². The Labute approximate surface area is 231 Å². The molecular formula is C27H24Br2ClN3O3. The molecule has 9 heteroatoms. The molecule has 4 rings (SSSR count). The van der Waals surface area contributed by atoms with E-state index in [-0.39, 0.29) is 11.5 Å². The molecule has 1 heterocycles.